The van der Waals surface area contributed by atoms with Crippen LogP contribution in [0, 0.1) is 0 Å². The minimum atomic E-state index is -4.40. The van der Waals surface area contributed by atoms with Gasteiger partial charge in [0.15, 0.2) is 0 Å². The highest BCUT2D eigenvalue weighted by molar-refractivity contribution is 5.80. The Bertz CT molecular complexity index is 648. The van der Waals surface area contributed by atoms with Crippen LogP contribution in [-0.4, -0.2) is 17.0 Å². The number of nitrogens with one attached hydrogen (secondary N) is 2. The molecule has 0 spiro atoms. The van der Waals surface area contributed by atoms with Gasteiger partial charge in [-0.25, -0.2) is 4.98 Å². The number of H-pyrrole nitrogens is 1. The molecule has 24 heavy (non-hydrogen) atoms. The fraction of sp³-hybridized carbons (Fsp3) is 0.611. The first-order valence-electron chi connectivity index (χ1n) is 8.57. The van der Waals surface area contributed by atoms with E-state index in [0.29, 0.717) is 23.4 Å². The van der Waals surface area contributed by atoms with Crippen molar-refractivity contribution >= 4 is 11.0 Å². The van der Waals surface area contributed by atoms with Gasteiger partial charge in [-0.2, -0.15) is 13.2 Å². The molecule has 1 fully saturated rings. The molecule has 2 aromatic rings. The van der Waals surface area contributed by atoms with Gasteiger partial charge in [0.2, 0.25) is 0 Å². The molecule has 0 saturated heterocycles. The van der Waals surface area contributed by atoms with Crippen LogP contribution >= 0.6 is 0 Å². The molecule has 0 atom stereocenters. The van der Waals surface area contributed by atoms with E-state index in [2.05, 4.69) is 15.3 Å². The summed E-state index contributed by atoms with van der Waals surface area (Å²) in [6.07, 6.45) is 3.10. The van der Waals surface area contributed by atoms with Crippen molar-refractivity contribution in [3.05, 3.63) is 29.1 Å². The highest BCUT2D eigenvalue weighted by Gasteiger charge is 2.34. The van der Waals surface area contributed by atoms with Crippen molar-refractivity contribution in [2.24, 2.45) is 0 Å². The van der Waals surface area contributed by atoms with E-state index in [9.17, 15) is 13.2 Å². The molecule has 1 heterocycles. The summed E-state index contributed by atoms with van der Waals surface area (Å²) in [4.78, 5) is 7.05. The van der Waals surface area contributed by atoms with Crippen LogP contribution in [0.4, 0.5) is 13.2 Å². The van der Waals surface area contributed by atoms with Crippen molar-refractivity contribution < 1.29 is 13.2 Å². The maximum absolute atomic E-state index is 13.1. The molecule has 0 aliphatic heterocycles. The number of rotatable bonds is 3. The lowest BCUT2D eigenvalue weighted by Crippen LogP contribution is -2.10. The standard InChI is InChI=1S/C13H16F3N3.C5H10/c1-7(2)12-18-10-5-8(6-17-3)4-9(11(10)19-12)13(14,15)16;1-2-4-5-3-1/h4-5,7,17H,6H2,1-3H3,(H,18,19);1-5H2. The van der Waals surface area contributed by atoms with E-state index in [-0.39, 0.29) is 11.4 Å². The van der Waals surface area contributed by atoms with Crippen molar-refractivity contribution in [3.63, 3.8) is 0 Å². The number of hydrogen-bond acceptors (Lipinski definition) is 2. The van der Waals surface area contributed by atoms with E-state index in [1.165, 1.54) is 32.1 Å². The quantitative estimate of drug-likeness (QED) is 0.787. The minimum absolute atomic E-state index is 0.00365. The lowest BCUT2D eigenvalue weighted by Gasteiger charge is -2.09. The maximum atomic E-state index is 13.1. The molecule has 0 unspecified atom stereocenters. The monoisotopic (exact) mass is 341 g/mol. The molecule has 3 nitrogen and oxygen atoms in total. The Morgan fingerprint density at radius 2 is 1.71 bits per heavy atom. The van der Waals surface area contributed by atoms with Crippen molar-refractivity contribution in [2.75, 3.05) is 7.05 Å². The Kier molecular flexibility index (Phi) is 6.27. The molecule has 3 rings (SSSR count). The van der Waals surface area contributed by atoms with Crippen LogP contribution in [0.2, 0.25) is 0 Å². The fourth-order valence-electron chi connectivity index (χ4n) is 2.88. The van der Waals surface area contributed by atoms with Gasteiger partial charge in [-0.15, -0.1) is 0 Å². The zero-order valence-corrected chi connectivity index (χ0v) is 14.6. The Morgan fingerprint density at radius 1 is 1.12 bits per heavy atom. The molecule has 1 aliphatic rings. The number of alkyl halides is 3. The number of benzene rings is 1. The highest BCUT2D eigenvalue weighted by Crippen LogP contribution is 2.35. The number of imidazole rings is 1. The number of hydrogen-bond donors (Lipinski definition) is 2. The fourth-order valence-corrected chi connectivity index (χ4v) is 2.88. The summed E-state index contributed by atoms with van der Waals surface area (Å²) in [5, 5.41) is 2.86. The van der Waals surface area contributed by atoms with E-state index in [0.717, 1.165) is 6.07 Å². The van der Waals surface area contributed by atoms with Crippen LogP contribution < -0.4 is 5.32 Å². The average molecular weight is 341 g/mol. The summed E-state index contributed by atoms with van der Waals surface area (Å²) in [5.74, 6) is 0.628. The zero-order chi connectivity index (χ0) is 17.7. The molecule has 1 aromatic heterocycles. The van der Waals surface area contributed by atoms with Crippen molar-refractivity contribution in [1.29, 1.82) is 0 Å². The molecular formula is C18H26F3N3. The predicted octanol–water partition coefficient (Wildman–Crippen LogP) is 5.38. The Hall–Kier alpha value is -1.56. The van der Waals surface area contributed by atoms with Crippen LogP contribution in [0.3, 0.4) is 0 Å². The van der Waals surface area contributed by atoms with Gasteiger partial charge in [0.1, 0.15) is 11.3 Å². The number of fused-ring (bicyclic) bond motifs is 1. The van der Waals surface area contributed by atoms with Gasteiger partial charge in [0.05, 0.1) is 11.1 Å². The number of halogens is 3. The van der Waals surface area contributed by atoms with E-state index >= 15 is 0 Å². The summed E-state index contributed by atoms with van der Waals surface area (Å²) >= 11 is 0. The second-order valence-electron chi connectivity index (χ2n) is 6.61. The van der Waals surface area contributed by atoms with E-state index in [1.54, 1.807) is 13.1 Å². The average Bonchev–Trinajstić information content (AvgIpc) is 3.18. The largest absolute Gasteiger partial charge is 0.418 e. The third kappa shape index (κ3) is 4.72. The van der Waals surface area contributed by atoms with Crippen molar-refractivity contribution in [1.82, 2.24) is 15.3 Å². The summed E-state index contributed by atoms with van der Waals surface area (Å²) in [6, 6.07) is 2.86. The maximum Gasteiger partial charge on any atom is 0.418 e. The first-order chi connectivity index (χ1) is 11.3. The van der Waals surface area contributed by atoms with Crippen LogP contribution in [0.25, 0.3) is 11.0 Å². The summed E-state index contributed by atoms with van der Waals surface area (Å²) < 4.78 is 39.2. The third-order valence-corrected chi connectivity index (χ3v) is 4.15. The second-order valence-corrected chi connectivity index (χ2v) is 6.61. The molecule has 0 radical (unpaired) electrons. The lowest BCUT2D eigenvalue weighted by atomic mass is 10.1. The summed E-state index contributed by atoms with van der Waals surface area (Å²) in [6.45, 7) is 4.16. The number of aromatic amines is 1. The summed E-state index contributed by atoms with van der Waals surface area (Å²) in [7, 11) is 1.70. The Morgan fingerprint density at radius 3 is 2.17 bits per heavy atom. The molecule has 6 heteroatoms. The Labute approximate surface area is 141 Å². The molecule has 134 valence electrons. The van der Waals surface area contributed by atoms with E-state index < -0.39 is 11.7 Å². The number of nitrogens with zero attached hydrogens (tertiary/aromatic N) is 1. The smallest absolute Gasteiger partial charge is 0.342 e. The first-order valence-corrected chi connectivity index (χ1v) is 8.57. The van der Waals surface area contributed by atoms with Gasteiger partial charge in [0.25, 0.3) is 0 Å². The zero-order valence-electron chi connectivity index (χ0n) is 14.6. The van der Waals surface area contributed by atoms with Gasteiger partial charge in [-0.05, 0) is 24.7 Å². The van der Waals surface area contributed by atoms with Crippen LogP contribution in [0.1, 0.15) is 68.8 Å². The third-order valence-electron chi connectivity index (χ3n) is 4.15. The Balaban J connectivity index is 0.000000355. The van der Waals surface area contributed by atoms with Crippen LogP contribution in [-0.2, 0) is 12.7 Å². The molecule has 1 saturated carbocycles. The topological polar surface area (TPSA) is 40.7 Å². The molecule has 1 aromatic carbocycles. The molecule has 0 bridgehead atoms. The highest BCUT2D eigenvalue weighted by atomic mass is 19.4. The number of aromatic nitrogens is 2. The molecule has 1 aliphatic carbocycles. The van der Waals surface area contributed by atoms with E-state index in [4.69, 9.17) is 0 Å². The van der Waals surface area contributed by atoms with Crippen molar-refractivity contribution in [2.45, 2.75) is 64.6 Å². The molecule has 2 N–H and O–H groups in total. The predicted molar refractivity (Wildman–Crippen MR) is 91.0 cm³/mol. The summed E-state index contributed by atoms with van der Waals surface area (Å²) in [5.41, 5.74) is 0.333. The van der Waals surface area contributed by atoms with Crippen LogP contribution in [0.15, 0.2) is 12.1 Å². The second kappa shape index (κ2) is 8.01. The van der Waals surface area contributed by atoms with Crippen LogP contribution in [0.5, 0.6) is 0 Å². The van der Waals surface area contributed by atoms with Gasteiger partial charge in [-0.3, -0.25) is 0 Å². The van der Waals surface area contributed by atoms with Gasteiger partial charge in [-0.1, -0.05) is 46.0 Å². The SMILES string of the molecule is C1CCCC1.CNCc1cc(C(F)(F)F)c2nc(C(C)C)[nH]c2c1. The normalized spacial score (nSPS) is 15.0. The minimum Gasteiger partial charge on any atom is -0.342 e. The lowest BCUT2D eigenvalue weighted by molar-refractivity contribution is -0.136. The molecular weight excluding hydrogens is 315 g/mol. The van der Waals surface area contributed by atoms with Gasteiger partial charge in [0, 0.05) is 12.5 Å². The van der Waals surface area contributed by atoms with Crippen molar-refractivity contribution in [3.8, 4) is 0 Å². The molecule has 0 amide bonds. The van der Waals surface area contributed by atoms with Gasteiger partial charge >= 0.3 is 6.18 Å². The first kappa shape index (κ1) is 18.8. The van der Waals surface area contributed by atoms with E-state index in [1.807, 2.05) is 13.8 Å². The van der Waals surface area contributed by atoms with Gasteiger partial charge < -0.3 is 10.3 Å².